The van der Waals surface area contributed by atoms with E-state index in [1.807, 2.05) is 25.3 Å². The lowest BCUT2D eigenvalue weighted by Gasteiger charge is -2.26. The highest BCUT2D eigenvalue weighted by Gasteiger charge is 2.25. The predicted octanol–water partition coefficient (Wildman–Crippen LogP) is 2.87. The van der Waals surface area contributed by atoms with Crippen molar-refractivity contribution in [2.75, 3.05) is 39.3 Å². The third-order valence-electron chi connectivity index (χ3n) is 6.17. The zero-order valence-electron chi connectivity index (χ0n) is 20.2. The van der Waals surface area contributed by atoms with Crippen molar-refractivity contribution in [2.45, 2.75) is 6.92 Å². The second kappa shape index (κ2) is 10.6. The maximum atomic E-state index is 14.8. The molecular weight excluding hydrogens is 495 g/mol. The molecule has 12 heteroatoms. The molecule has 1 fully saturated rings. The number of halogens is 1. The van der Waals surface area contributed by atoms with Crippen LogP contribution in [0.3, 0.4) is 0 Å². The Bertz CT molecular complexity index is 1450. The number of benzene rings is 1. The lowest BCUT2D eigenvalue weighted by atomic mass is 10.1. The number of pyridine rings is 1. The highest BCUT2D eigenvalue weighted by Crippen LogP contribution is 2.41. The van der Waals surface area contributed by atoms with Gasteiger partial charge in [-0.2, -0.15) is 5.10 Å². The number of aliphatic imine (C=N–C) groups is 1. The van der Waals surface area contributed by atoms with Crippen molar-refractivity contribution in [3.05, 3.63) is 52.9 Å². The molecular formula is C25H27FN8O2S. The Balaban J connectivity index is 1.53. The van der Waals surface area contributed by atoms with Gasteiger partial charge in [-0.3, -0.25) is 10.3 Å². The van der Waals surface area contributed by atoms with Gasteiger partial charge in [-0.1, -0.05) is 6.07 Å². The van der Waals surface area contributed by atoms with Gasteiger partial charge in [0.2, 0.25) is 0 Å². The fourth-order valence-electron chi connectivity index (χ4n) is 4.37. The van der Waals surface area contributed by atoms with Crippen LogP contribution >= 0.6 is 11.3 Å². The van der Waals surface area contributed by atoms with Crippen molar-refractivity contribution in [3.63, 3.8) is 0 Å². The molecule has 37 heavy (non-hydrogen) atoms. The lowest BCUT2D eigenvalue weighted by Crippen LogP contribution is -2.44. The van der Waals surface area contributed by atoms with Gasteiger partial charge in [0.15, 0.2) is 0 Å². The number of ether oxygens (including phenoxy) is 1. The van der Waals surface area contributed by atoms with Crippen molar-refractivity contribution in [2.24, 2.45) is 10.7 Å². The van der Waals surface area contributed by atoms with Crippen LogP contribution < -0.4 is 15.8 Å². The summed E-state index contributed by atoms with van der Waals surface area (Å²) in [5.74, 6) is -0.199. The molecule has 0 atom stereocenters. The maximum Gasteiger partial charge on any atom is 0.144 e. The lowest BCUT2D eigenvalue weighted by molar-refractivity contribution is 0.191. The number of nitrogens with zero attached hydrogens (tertiary/aromatic N) is 5. The van der Waals surface area contributed by atoms with Crippen LogP contribution in [0.1, 0.15) is 10.6 Å². The minimum atomic E-state index is -0.641. The number of rotatable bonds is 8. The Morgan fingerprint density at radius 2 is 2.14 bits per heavy atom. The molecule has 0 spiro atoms. The van der Waals surface area contributed by atoms with E-state index in [9.17, 15) is 9.50 Å². The summed E-state index contributed by atoms with van der Waals surface area (Å²) in [7, 11) is 0. The summed E-state index contributed by atoms with van der Waals surface area (Å²) in [6, 6.07) is 7.81. The quantitative estimate of drug-likeness (QED) is 0.206. The molecule has 10 nitrogen and oxygen atoms in total. The smallest absolute Gasteiger partial charge is 0.144 e. The van der Waals surface area contributed by atoms with E-state index < -0.39 is 5.82 Å². The second-order valence-corrected chi connectivity index (χ2v) is 9.57. The van der Waals surface area contributed by atoms with Gasteiger partial charge in [0.05, 0.1) is 32.9 Å². The van der Waals surface area contributed by atoms with Gasteiger partial charge in [0.25, 0.3) is 0 Å². The first kappa shape index (κ1) is 24.8. The van der Waals surface area contributed by atoms with E-state index in [-0.39, 0.29) is 22.8 Å². The van der Waals surface area contributed by atoms with Crippen molar-refractivity contribution < 1.29 is 14.2 Å². The molecule has 192 valence electrons. The van der Waals surface area contributed by atoms with Crippen molar-refractivity contribution in [1.29, 1.82) is 5.41 Å². The number of aryl methyl sites for hydroxylation is 1. The largest absolute Gasteiger partial charge is 0.507 e. The third-order valence-corrected chi connectivity index (χ3v) is 7.27. The minimum Gasteiger partial charge on any atom is -0.507 e. The van der Waals surface area contributed by atoms with Gasteiger partial charge in [-0.25, -0.2) is 18.9 Å². The number of aromatic nitrogens is 3. The molecule has 5 rings (SSSR count). The van der Waals surface area contributed by atoms with Gasteiger partial charge in [0, 0.05) is 45.0 Å². The number of phenolic OH excluding ortho intramolecular Hbond substituents is 1. The van der Waals surface area contributed by atoms with Gasteiger partial charge in [-0.15, -0.1) is 11.3 Å². The standard InChI is InChI=1S/C25H27FN8O2S/c1-15-20(18-13-16(5-8-34(18)32-15)36-12-11-33-9-6-29-7-10-33)25-31-22(23(37-25)24(28)30-14-27)21-17(26)3-2-4-19(21)35/h2-5,8,13-14,29,35H,6-7,9-12H2,1H3,(H3,27,28,30). The number of hydrogen-bond donors (Lipinski definition) is 4. The summed E-state index contributed by atoms with van der Waals surface area (Å²) in [6.07, 6.45) is 2.64. The normalized spacial score (nSPS) is 14.8. The third kappa shape index (κ3) is 5.03. The number of nitrogens with two attached hydrogens (primary N) is 1. The molecule has 1 saturated heterocycles. The molecule has 0 saturated carbocycles. The van der Waals surface area contributed by atoms with Gasteiger partial charge in [-0.05, 0) is 25.1 Å². The van der Waals surface area contributed by atoms with Gasteiger partial charge >= 0.3 is 0 Å². The van der Waals surface area contributed by atoms with Crippen LogP contribution in [-0.4, -0.2) is 76.1 Å². The Kier molecular flexibility index (Phi) is 7.12. The van der Waals surface area contributed by atoms with E-state index in [4.69, 9.17) is 15.9 Å². The number of aromatic hydroxyl groups is 1. The van der Waals surface area contributed by atoms with E-state index in [1.165, 1.54) is 29.5 Å². The molecule has 1 aromatic carbocycles. The number of fused-ring (bicyclic) bond motifs is 1. The summed E-state index contributed by atoms with van der Waals surface area (Å²) in [5, 5.41) is 26.2. The van der Waals surface area contributed by atoms with E-state index in [0.29, 0.717) is 27.9 Å². The van der Waals surface area contributed by atoms with Crippen LogP contribution in [0.15, 0.2) is 41.5 Å². The average Bonchev–Trinajstić information content (AvgIpc) is 3.45. The fraction of sp³-hybridized carbons (Fsp3) is 0.280. The number of nitrogens with one attached hydrogen (secondary N) is 2. The summed E-state index contributed by atoms with van der Waals surface area (Å²) >= 11 is 1.19. The molecule has 0 aliphatic carbocycles. The first-order chi connectivity index (χ1) is 18.0. The van der Waals surface area contributed by atoms with Crippen LogP contribution in [0.5, 0.6) is 11.5 Å². The van der Waals surface area contributed by atoms with Gasteiger partial charge < -0.3 is 20.9 Å². The van der Waals surface area contributed by atoms with Gasteiger partial charge in [0.1, 0.15) is 41.1 Å². The van der Waals surface area contributed by atoms with Crippen LogP contribution in [0, 0.1) is 18.2 Å². The van der Waals surface area contributed by atoms with Crippen LogP contribution in [0.25, 0.3) is 27.3 Å². The average molecular weight is 523 g/mol. The summed E-state index contributed by atoms with van der Waals surface area (Å²) in [6.45, 7) is 7.26. The summed E-state index contributed by atoms with van der Waals surface area (Å²) in [5.41, 5.74) is 8.42. The maximum absolute atomic E-state index is 14.8. The van der Waals surface area contributed by atoms with E-state index in [1.54, 1.807) is 4.52 Å². The number of thiazole rings is 1. The molecule has 0 amide bonds. The van der Waals surface area contributed by atoms with Crippen LogP contribution in [0.4, 0.5) is 4.39 Å². The zero-order valence-corrected chi connectivity index (χ0v) is 21.1. The van der Waals surface area contributed by atoms with Crippen molar-refractivity contribution in [1.82, 2.24) is 24.8 Å². The Labute approximate surface area is 216 Å². The second-order valence-electron chi connectivity index (χ2n) is 8.57. The monoisotopic (exact) mass is 522 g/mol. The Morgan fingerprint density at radius 1 is 1.32 bits per heavy atom. The molecule has 3 aromatic heterocycles. The molecule has 0 radical (unpaired) electrons. The van der Waals surface area contributed by atoms with E-state index in [2.05, 4.69) is 25.3 Å². The summed E-state index contributed by atoms with van der Waals surface area (Å²) < 4.78 is 22.6. The predicted molar refractivity (Wildman–Crippen MR) is 142 cm³/mol. The molecule has 4 heterocycles. The summed E-state index contributed by atoms with van der Waals surface area (Å²) in [4.78, 5) is 11.3. The zero-order chi connectivity index (χ0) is 25.9. The first-order valence-corrected chi connectivity index (χ1v) is 12.6. The minimum absolute atomic E-state index is 0.00228. The fourth-order valence-corrected chi connectivity index (χ4v) is 5.46. The number of amidine groups is 1. The molecule has 1 aliphatic heterocycles. The number of phenols is 1. The Hall–Kier alpha value is -3.87. The highest BCUT2D eigenvalue weighted by atomic mass is 32.1. The van der Waals surface area contributed by atoms with Crippen molar-refractivity contribution >= 4 is 29.0 Å². The highest BCUT2D eigenvalue weighted by molar-refractivity contribution is 7.17. The molecule has 0 bridgehead atoms. The number of hydrogen-bond acceptors (Lipinski definition) is 8. The van der Waals surface area contributed by atoms with E-state index >= 15 is 0 Å². The SMILES string of the molecule is Cc1nn2ccc(OCCN3CCNCC3)cc2c1-c1nc(-c2c(O)cccc2F)c(C(N)=NC=N)s1. The van der Waals surface area contributed by atoms with E-state index in [0.717, 1.165) is 50.1 Å². The molecule has 5 N–H and O–H groups in total. The van der Waals surface area contributed by atoms with Crippen molar-refractivity contribution in [3.8, 4) is 33.3 Å². The molecule has 0 unspecified atom stereocenters. The topological polar surface area (TPSA) is 137 Å². The molecule has 4 aromatic rings. The Morgan fingerprint density at radius 3 is 2.89 bits per heavy atom. The molecule has 1 aliphatic rings. The number of piperazine rings is 1. The first-order valence-electron chi connectivity index (χ1n) is 11.8. The van der Waals surface area contributed by atoms with Crippen LogP contribution in [-0.2, 0) is 0 Å². The van der Waals surface area contributed by atoms with Crippen LogP contribution in [0.2, 0.25) is 0 Å².